The summed E-state index contributed by atoms with van der Waals surface area (Å²) in [7, 11) is 1.64. The molecule has 0 fully saturated rings. The minimum atomic E-state index is 0.00605. The van der Waals surface area contributed by atoms with Crippen LogP contribution in [0.2, 0.25) is 0 Å². The number of ether oxygens (including phenoxy) is 2. The third kappa shape index (κ3) is 3.09. The summed E-state index contributed by atoms with van der Waals surface area (Å²) in [5, 5.41) is 13.2. The van der Waals surface area contributed by atoms with Crippen LogP contribution < -0.4 is 9.47 Å². The maximum absolute atomic E-state index is 11.0. The molecule has 142 valence electrons. The molecule has 0 radical (unpaired) electrons. The zero-order valence-electron chi connectivity index (χ0n) is 15.8. The van der Waals surface area contributed by atoms with E-state index >= 15 is 0 Å². The first-order chi connectivity index (χ1) is 13.6. The summed E-state index contributed by atoms with van der Waals surface area (Å²) in [6, 6.07) is 19.0. The normalized spacial score (nSPS) is 18.1. The summed E-state index contributed by atoms with van der Waals surface area (Å²) in [5.41, 5.74) is 4.26. The molecule has 3 aromatic carbocycles. The third-order valence-electron chi connectivity index (χ3n) is 5.43. The van der Waals surface area contributed by atoms with Crippen LogP contribution in [0.15, 0.2) is 65.8 Å². The van der Waals surface area contributed by atoms with Gasteiger partial charge < -0.3 is 14.6 Å². The Morgan fingerprint density at radius 3 is 2.57 bits per heavy atom. The second-order valence-corrected chi connectivity index (χ2v) is 6.98. The van der Waals surface area contributed by atoms with Crippen molar-refractivity contribution in [3.63, 3.8) is 0 Å². The van der Waals surface area contributed by atoms with Gasteiger partial charge in [0, 0.05) is 23.0 Å². The number of fused-ring (bicyclic) bond motifs is 1. The van der Waals surface area contributed by atoms with Gasteiger partial charge in [0.25, 0.3) is 0 Å². The quantitative estimate of drug-likeness (QED) is 0.619. The van der Waals surface area contributed by atoms with E-state index in [1.165, 1.54) is 0 Å². The van der Waals surface area contributed by atoms with Gasteiger partial charge in [0.2, 0.25) is 0 Å². The molecule has 1 aliphatic rings. The molecule has 28 heavy (non-hydrogen) atoms. The number of benzene rings is 3. The van der Waals surface area contributed by atoms with E-state index < -0.39 is 0 Å². The van der Waals surface area contributed by atoms with E-state index in [1.54, 1.807) is 19.2 Å². The van der Waals surface area contributed by atoms with E-state index in [1.807, 2.05) is 43.3 Å². The van der Waals surface area contributed by atoms with Crippen molar-refractivity contribution in [2.45, 2.75) is 18.8 Å². The smallest absolute Gasteiger partial charge is 0.129 e. The number of nitrogens with zero attached hydrogens (tertiary/aromatic N) is 1. The molecule has 0 saturated carbocycles. The van der Waals surface area contributed by atoms with Gasteiger partial charge in [0.1, 0.15) is 22.9 Å². The van der Waals surface area contributed by atoms with Crippen LogP contribution >= 0.6 is 0 Å². The van der Waals surface area contributed by atoms with Gasteiger partial charge in [-0.1, -0.05) is 30.3 Å². The third-order valence-corrected chi connectivity index (χ3v) is 5.43. The summed E-state index contributed by atoms with van der Waals surface area (Å²) in [5.74, 6) is 1.75. The van der Waals surface area contributed by atoms with Crippen molar-refractivity contribution in [2.24, 2.45) is 5.18 Å². The summed E-state index contributed by atoms with van der Waals surface area (Å²) in [6.07, 6.45) is 0. The fraction of sp³-hybridized carbons (Fsp3) is 0.217. The minimum Gasteiger partial charge on any atom is -0.508 e. The molecule has 1 heterocycles. The van der Waals surface area contributed by atoms with Crippen molar-refractivity contribution in [3.05, 3.63) is 87.8 Å². The Bertz CT molecular complexity index is 1010. The van der Waals surface area contributed by atoms with E-state index in [4.69, 9.17) is 9.47 Å². The van der Waals surface area contributed by atoms with Crippen LogP contribution in [0, 0.1) is 11.8 Å². The van der Waals surface area contributed by atoms with Crippen molar-refractivity contribution in [2.75, 3.05) is 13.7 Å². The number of nitroso groups, excluding NO2 is 1. The molecule has 0 spiro atoms. The Balaban J connectivity index is 1.87. The highest BCUT2D eigenvalue weighted by atomic mass is 16.5. The van der Waals surface area contributed by atoms with Crippen molar-refractivity contribution in [3.8, 4) is 17.2 Å². The van der Waals surface area contributed by atoms with E-state index in [-0.39, 0.29) is 17.6 Å². The van der Waals surface area contributed by atoms with Gasteiger partial charge in [0.05, 0.1) is 13.7 Å². The molecule has 0 bridgehead atoms. The van der Waals surface area contributed by atoms with E-state index in [2.05, 4.69) is 17.3 Å². The van der Waals surface area contributed by atoms with Gasteiger partial charge >= 0.3 is 0 Å². The Kier molecular flexibility index (Phi) is 4.74. The topological polar surface area (TPSA) is 68.1 Å². The van der Waals surface area contributed by atoms with Gasteiger partial charge in [-0.15, -0.1) is 4.91 Å². The maximum Gasteiger partial charge on any atom is 0.129 e. The molecule has 0 aliphatic carbocycles. The highest BCUT2D eigenvalue weighted by molar-refractivity contribution is 5.56. The average molecular weight is 375 g/mol. The summed E-state index contributed by atoms with van der Waals surface area (Å²) in [6.45, 7) is 2.30. The van der Waals surface area contributed by atoms with Crippen LogP contribution in [0.1, 0.15) is 34.1 Å². The fourth-order valence-corrected chi connectivity index (χ4v) is 3.95. The maximum atomic E-state index is 11.0. The number of methoxy groups -OCH3 is 1. The lowest BCUT2D eigenvalue weighted by Crippen LogP contribution is -2.25. The molecular weight excluding hydrogens is 354 g/mol. The lowest BCUT2D eigenvalue weighted by Gasteiger charge is -2.35. The molecule has 4 rings (SSSR count). The number of phenolic OH excluding ortho intramolecular Hbond substituents is 1. The zero-order valence-corrected chi connectivity index (χ0v) is 15.8. The molecule has 0 saturated heterocycles. The molecule has 2 atom stereocenters. The fourth-order valence-electron chi connectivity index (χ4n) is 3.95. The lowest BCUT2D eigenvalue weighted by atomic mass is 9.75. The van der Waals surface area contributed by atoms with Crippen LogP contribution in [0.3, 0.4) is 0 Å². The Labute approximate surface area is 163 Å². The van der Waals surface area contributed by atoms with E-state index in [0.717, 1.165) is 33.8 Å². The van der Waals surface area contributed by atoms with Crippen molar-refractivity contribution in [1.29, 1.82) is 0 Å². The van der Waals surface area contributed by atoms with Gasteiger partial charge in [-0.25, -0.2) is 0 Å². The van der Waals surface area contributed by atoms with Gasteiger partial charge in [0.15, 0.2) is 0 Å². The Morgan fingerprint density at radius 1 is 1.07 bits per heavy atom. The van der Waals surface area contributed by atoms with Gasteiger partial charge in [-0.3, -0.25) is 0 Å². The van der Waals surface area contributed by atoms with Gasteiger partial charge in [-0.2, -0.15) is 0 Å². The lowest BCUT2D eigenvalue weighted by molar-refractivity contribution is 0.246. The second kappa shape index (κ2) is 7.35. The van der Waals surface area contributed by atoms with Crippen LogP contribution in [0.5, 0.6) is 17.2 Å². The van der Waals surface area contributed by atoms with Crippen LogP contribution in [0.4, 0.5) is 5.69 Å². The van der Waals surface area contributed by atoms with E-state index in [0.29, 0.717) is 12.3 Å². The molecule has 1 N–H and O–H groups in total. The van der Waals surface area contributed by atoms with Crippen molar-refractivity contribution in [1.82, 2.24) is 0 Å². The number of rotatable bonds is 4. The molecule has 0 amide bonds. The highest BCUT2D eigenvalue weighted by Gasteiger charge is 2.34. The summed E-state index contributed by atoms with van der Waals surface area (Å²) < 4.78 is 11.4. The molecule has 2 unspecified atom stereocenters. The van der Waals surface area contributed by atoms with Crippen LogP contribution in [-0.2, 0) is 0 Å². The standard InChI is InChI=1S/C23H21NO4/c1-14-21(25)11-10-19-22(15-6-8-18(27-2)9-7-15)20(13-28-23(14)19)16-4-3-5-17(12-16)24-26/h3-12,20,22,25H,13H2,1-2H3. The van der Waals surface area contributed by atoms with Crippen molar-refractivity contribution < 1.29 is 14.6 Å². The number of aromatic hydroxyl groups is 1. The first-order valence-corrected chi connectivity index (χ1v) is 9.15. The SMILES string of the molecule is COc1ccc(C2c3ccc(O)c(C)c3OCC2c2cccc(N=O)c2)cc1. The number of hydrogen-bond donors (Lipinski definition) is 1. The minimum absolute atomic E-state index is 0.00605. The number of phenols is 1. The van der Waals surface area contributed by atoms with E-state index in [9.17, 15) is 10.0 Å². The molecule has 1 aliphatic heterocycles. The highest BCUT2D eigenvalue weighted by Crippen LogP contribution is 2.49. The summed E-state index contributed by atoms with van der Waals surface area (Å²) in [4.78, 5) is 11.0. The largest absolute Gasteiger partial charge is 0.508 e. The zero-order chi connectivity index (χ0) is 19.7. The first kappa shape index (κ1) is 18.0. The molecule has 5 heteroatoms. The number of hydrogen-bond acceptors (Lipinski definition) is 5. The predicted octanol–water partition coefficient (Wildman–Crippen LogP) is 5.42. The monoisotopic (exact) mass is 375 g/mol. The molecule has 5 nitrogen and oxygen atoms in total. The predicted molar refractivity (Wildman–Crippen MR) is 108 cm³/mol. The van der Waals surface area contributed by atoms with Gasteiger partial charge in [-0.05, 0) is 53.6 Å². The average Bonchev–Trinajstić information content (AvgIpc) is 2.75. The second-order valence-electron chi connectivity index (χ2n) is 6.98. The first-order valence-electron chi connectivity index (χ1n) is 9.15. The van der Waals surface area contributed by atoms with Crippen LogP contribution in [0.25, 0.3) is 0 Å². The Hall–Kier alpha value is -3.34. The Morgan fingerprint density at radius 2 is 1.86 bits per heavy atom. The summed E-state index contributed by atoms with van der Waals surface area (Å²) >= 11 is 0. The van der Waals surface area contributed by atoms with Crippen LogP contribution in [-0.4, -0.2) is 18.8 Å². The molecule has 3 aromatic rings. The van der Waals surface area contributed by atoms with Crippen molar-refractivity contribution >= 4 is 5.69 Å². The molecular formula is C23H21NO4. The molecule has 0 aromatic heterocycles.